The van der Waals surface area contributed by atoms with Gasteiger partial charge in [0.25, 0.3) is 5.91 Å². The Kier molecular flexibility index (Phi) is 9.43. The lowest BCUT2D eigenvalue weighted by Crippen LogP contribution is -2.41. The molecule has 246 valence electrons. The summed E-state index contributed by atoms with van der Waals surface area (Å²) in [4.78, 5) is 27.3. The summed E-state index contributed by atoms with van der Waals surface area (Å²) in [6.07, 6.45) is 9.36. The summed E-state index contributed by atoms with van der Waals surface area (Å²) >= 11 is 0. The molecule has 2 atom stereocenters. The van der Waals surface area contributed by atoms with Crippen LogP contribution in [-0.4, -0.2) is 48.6 Å². The number of aromatic nitrogens is 1. The van der Waals surface area contributed by atoms with Crippen LogP contribution in [0.2, 0.25) is 0 Å². The van der Waals surface area contributed by atoms with Crippen molar-refractivity contribution in [2.75, 3.05) is 32.2 Å². The lowest BCUT2D eigenvalue weighted by molar-refractivity contribution is 0.0611. The van der Waals surface area contributed by atoms with Crippen molar-refractivity contribution in [3.05, 3.63) is 111 Å². The van der Waals surface area contributed by atoms with Crippen LogP contribution in [0.15, 0.2) is 77.6 Å². The van der Waals surface area contributed by atoms with E-state index < -0.39 is 29.5 Å². The second-order valence-electron chi connectivity index (χ2n) is 12.1. The molecular weight excluding hydrogens is 603 g/mol. The van der Waals surface area contributed by atoms with Gasteiger partial charge < -0.3 is 40.8 Å². The van der Waals surface area contributed by atoms with Crippen molar-refractivity contribution in [2.24, 2.45) is 11.7 Å². The van der Waals surface area contributed by atoms with Crippen LogP contribution in [0.25, 0.3) is 11.1 Å². The van der Waals surface area contributed by atoms with Gasteiger partial charge in [-0.2, -0.15) is 0 Å². The average Bonchev–Trinajstić information content (AvgIpc) is 3.07. The number of dihydropyridines is 1. The predicted octanol–water partition coefficient (Wildman–Crippen LogP) is 3.79. The standard InChI is InChI=1S/C35H39FN6O5/c1-20-14-39-34(40-15-20)27-18-42(17-21-7-9-47-10-8-21)19-28(32(27)44)35(45)41-24-4-5-25(29(36)13-24)26-11-23(16-38-33(26)37)22-3-6-30(43)31(12-22)46-2/h3-6,11-14,16,18-19,21,33-34,38-40,43H,7-10,15,17,37H2,1-2H3,(H,41,45). The molecule has 47 heavy (non-hydrogen) atoms. The number of carbonyl (C=O) groups excluding carboxylic acids is 1. The number of anilines is 1. The second-order valence-corrected chi connectivity index (χ2v) is 12.1. The first-order valence-electron chi connectivity index (χ1n) is 15.6. The highest BCUT2D eigenvalue weighted by molar-refractivity contribution is 6.04. The SMILES string of the molecule is COc1cc(C2=CNC(N)C(c3ccc(NC(=O)c4cn(CC5CCOCC5)cc(C5NC=C(C)CN5)c4=O)cc3F)=C2)ccc1O. The number of ether oxygens (including phenoxy) is 2. The molecule has 0 bridgehead atoms. The summed E-state index contributed by atoms with van der Waals surface area (Å²) in [7, 11) is 1.46. The summed E-state index contributed by atoms with van der Waals surface area (Å²) in [5.41, 5.74) is 9.75. The Morgan fingerprint density at radius 2 is 1.96 bits per heavy atom. The van der Waals surface area contributed by atoms with Gasteiger partial charge in [-0.05, 0) is 90.6 Å². The fourth-order valence-electron chi connectivity index (χ4n) is 6.02. The van der Waals surface area contributed by atoms with Gasteiger partial charge in [0.1, 0.15) is 23.7 Å². The highest BCUT2D eigenvalue weighted by Gasteiger charge is 2.25. The molecule has 1 saturated heterocycles. The minimum absolute atomic E-state index is 0.00438. The molecule has 1 amide bonds. The smallest absolute Gasteiger partial charge is 0.261 e. The second kappa shape index (κ2) is 13.8. The number of nitrogens with two attached hydrogens (primary N) is 1. The van der Waals surface area contributed by atoms with E-state index in [4.69, 9.17) is 15.2 Å². The molecule has 11 nitrogen and oxygen atoms in total. The van der Waals surface area contributed by atoms with E-state index in [-0.39, 0.29) is 22.6 Å². The first-order chi connectivity index (χ1) is 22.7. The lowest BCUT2D eigenvalue weighted by Gasteiger charge is -2.27. The Morgan fingerprint density at radius 1 is 1.15 bits per heavy atom. The van der Waals surface area contributed by atoms with Crippen LogP contribution in [0.1, 0.15) is 53.0 Å². The molecule has 3 aliphatic heterocycles. The zero-order valence-corrected chi connectivity index (χ0v) is 26.3. The number of nitrogens with one attached hydrogen (secondary N) is 4. The Balaban J connectivity index is 1.26. The minimum Gasteiger partial charge on any atom is -0.504 e. The average molecular weight is 643 g/mol. The van der Waals surface area contributed by atoms with Gasteiger partial charge in [0, 0.05) is 56.1 Å². The third-order valence-corrected chi connectivity index (χ3v) is 8.67. The first kappa shape index (κ1) is 32.0. The van der Waals surface area contributed by atoms with Crippen molar-refractivity contribution in [3.8, 4) is 11.5 Å². The molecule has 3 aromatic rings. The van der Waals surface area contributed by atoms with E-state index in [1.807, 2.05) is 17.7 Å². The number of hydrogen-bond acceptors (Lipinski definition) is 9. The van der Waals surface area contributed by atoms with Gasteiger partial charge in [-0.15, -0.1) is 0 Å². The Labute approximate surface area is 272 Å². The quantitative estimate of drug-likeness (QED) is 0.216. The van der Waals surface area contributed by atoms with Gasteiger partial charge >= 0.3 is 0 Å². The number of nitrogens with zero attached hydrogens (tertiary/aromatic N) is 1. The van der Waals surface area contributed by atoms with E-state index in [0.29, 0.717) is 54.7 Å². The van der Waals surface area contributed by atoms with Crippen molar-refractivity contribution < 1.29 is 23.8 Å². The third-order valence-electron chi connectivity index (χ3n) is 8.67. The van der Waals surface area contributed by atoms with Crippen molar-refractivity contribution in [2.45, 2.75) is 38.6 Å². The van der Waals surface area contributed by atoms with Gasteiger partial charge in [-0.3, -0.25) is 14.9 Å². The molecule has 3 aliphatic rings. The number of hydrogen-bond donors (Lipinski definition) is 6. The zero-order chi connectivity index (χ0) is 33.1. The van der Waals surface area contributed by atoms with Crippen LogP contribution in [0, 0.1) is 11.7 Å². The molecule has 0 spiro atoms. The molecule has 12 heteroatoms. The number of amides is 1. The highest BCUT2D eigenvalue weighted by atomic mass is 19.1. The van der Waals surface area contributed by atoms with E-state index in [0.717, 1.165) is 24.0 Å². The van der Waals surface area contributed by atoms with Crippen molar-refractivity contribution in [1.29, 1.82) is 0 Å². The van der Waals surface area contributed by atoms with Crippen LogP contribution in [0.5, 0.6) is 11.5 Å². The highest BCUT2D eigenvalue weighted by Crippen LogP contribution is 2.33. The van der Waals surface area contributed by atoms with Gasteiger partial charge in [-0.1, -0.05) is 6.07 Å². The normalized spacial score (nSPS) is 19.9. The molecule has 1 fully saturated rings. The largest absolute Gasteiger partial charge is 0.504 e. The van der Waals surface area contributed by atoms with Crippen LogP contribution in [-0.2, 0) is 11.3 Å². The Hall–Kier alpha value is -4.91. The Bertz CT molecular complexity index is 1830. The van der Waals surface area contributed by atoms with Gasteiger partial charge in [-0.25, -0.2) is 4.39 Å². The van der Waals surface area contributed by atoms with Gasteiger partial charge in [0.2, 0.25) is 5.43 Å². The molecule has 0 aliphatic carbocycles. The maximum Gasteiger partial charge on any atom is 0.261 e. The molecule has 6 rings (SSSR count). The summed E-state index contributed by atoms with van der Waals surface area (Å²) in [5.74, 6) is -0.566. The zero-order valence-electron chi connectivity index (χ0n) is 26.3. The monoisotopic (exact) mass is 642 g/mol. The van der Waals surface area contributed by atoms with Crippen LogP contribution in [0.4, 0.5) is 10.1 Å². The number of carbonyl (C=O) groups is 1. The van der Waals surface area contributed by atoms with E-state index in [1.165, 1.54) is 19.2 Å². The van der Waals surface area contributed by atoms with E-state index in [1.54, 1.807) is 48.9 Å². The van der Waals surface area contributed by atoms with Crippen molar-refractivity contribution >= 4 is 22.7 Å². The number of rotatable bonds is 8. The summed E-state index contributed by atoms with van der Waals surface area (Å²) in [5, 5.41) is 22.3. The molecule has 2 unspecified atom stereocenters. The molecule has 2 aromatic carbocycles. The number of phenolic OH excluding ortho intramolecular Hbond substituents is 1. The molecular formula is C35H39FN6O5. The van der Waals surface area contributed by atoms with E-state index >= 15 is 4.39 Å². The maximum atomic E-state index is 15.7. The van der Waals surface area contributed by atoms with Crippen molar-refractivity contribution in [3.63, 3.8) is 0 Å². The summed E-state index contributed by atoms with van der Waals surface area (Å²) in [6.45, 7) is 4.59. The number of phenols is 1. The number of pyridine rings is 1. The first-order valence-corrected chi connectivity index (χ1v) is 15.6. The number of benzene rings is 2. The summed E-state index contributed by atoms with van der Waals surface area (Å²) < 4.78 is 28.3. The van der Waals surface area contributed by atoms with Crippen LogP contribution < -0.4 is 37.2 Å². The topological polar surface area (TPSA) is 152 Å². The van der Waals surface area contributed by atoms with Crippen molar-refractivity contribution in [1.82, 2.24) is 20.5 Å². The molecule has 4 heterocycles. The van der Waals surface area contributed by atoms with Gasteiger partial charge in [0.15, 0.2) is 11.5 Å². The number of allylic oxidation sites excluding steroid dienone is 2. The van der Waals surface area contributed by atoms with E-state index in [9.17, 15) is 14.7 Å². The predicted molar refractivity (Wildman–Crippen MR) is 178 cm³/mol. The van der Waals surface area contributed by atoms with E-state index in [2.05, 4.69) is 21.3 Å². The molecule has 1 aromatic heterocycles. The van der Waals surface area contributed by atoms with Gasteiger partial charge in [0.05, 0.1) is 12.7 Å². The lowest BCUT2D eigenvalue weighted by atomic mass is 9.94. The number of halogens is 1. The number of methoxy groups -OCH3 is 1. The Morgan fingerprint density at radius 3 is 2.68 bits per heavy atom. The van der Waals surface area contributed by atoms with Crippen LogP contribution >= 0.6 is 0 Å². The third kappa shape index (κ3) is 7.09. The number of aromatic hydroxyl groups is 1. The van der Waals surface area contributed by atoms with Crippen LogP contribution in [0.3, 0.4) is 0 Å². The summed E-state index contributed by atoms with van der Waals surface area (Å²) in [6, 6.07) is 9.25. The molecule has 0 saturated carbocycles. The molecule has 0 radical (unpaired) electrons. The maximum absolute atomic E-state index is 15.7. The fourth-order valence-corrected chi connectivity index (χ4v) is 6.02. The fraction of sp³-hybridized carbons (Fsp3) is 0.314. The minimum atomic E-state index is -0.690. The molecule has 7 N–H and O–H groups in total.